The van der Waals surface area contributed by atoms with Crippen molar-refractivity contribution in [3.05, 3.63) is 65.4 Å². The molecule has 2 aromatic carbocycles. The zero-order chi connectivity index (χ0) is 27.0. The molecule has 2 heterocycles. The summed E-state index contributed by atoms with van der Waals surface area (Å²) in [5, 5.41) is 23.2. The molecule has 1 aliphatic rings. The maximum Gasteiger partial charge on any atom is 0.490 e. The number of rotatable bonds is 6. The first-order chi connectivity index (χ1) is 17.5. The Kier molecular flexibility index (Phi) is 9.70. The molecule has 1 saturated heterocycles. The van der Waals surface area contributed by atoms with Crippen LogP contribution in [0.5, 0.6) is 5.75 Å². The summed E-state index contributed by atoms with van der Waals surface area (Å²) in [7, 11) is 0. The lowest BCUT2D eigenvalue weighted by Crippen LogP contribution is -2.47. The highest BCUT2D eigenvalue weighted by Gasteiger charge is 2.38. The van der Waals surface area contributed by atoms with Crippen LogP contribution >= 0.6 is 15.9 Å². The summed E-state index contributed by atoms with van der Waals surface area (Å²) in [6.45, 7) is 1.18. The molecule has 8 nitrogen and oxygen atoms in total. The number of nitrogens with zero attached hydrogens (tertiary/aromatic N) is 2. The van der Waals surface area contributed by atoms with Crippen molar-refractivity contribution in [1.29, 1.82) is 0 Å². The third-order valence-electron chi connectivity index (χ3n) is 5.57. The van der Waals surface area contributed by atoms with Crippen LogP contribution in [0.4, 0.5) is 18.9 Å². The number of anilines is 1. The number of nitrogens with one attached hydrogen (secondary N) is 1. The SMILES string of the molecule is O=C(O)C(F)(F)F.O=C([C@@H](O)COc1ccc(Br)cc1)N1CCC(Nc2ccc3cnccc3c2)CC1. The van der Waals surface area contributed by atoms with Crippen molar-refractivity contribution in [2.45, 2.75) is 31.2 Å². The van der Waals surface area contributed by atoms with Crippen molar-refractivity contribution in [3.8, 4) is 5.75 Å². The van der Waals surface area contributed by atoms with Gasteiger partial charge in [-0.1, -0.05) is 22.0 Å². The zero-order valence-corrected chi connectivity index (χ0v) is 21.1. The fourth-order valence-corrected chi connectivity index (χ4v) is 3.91. The Morgan fingerprint density at radius 1 is 1.11 bits per heavy atom. The molecule has 3 aromatic rings. The van der Waals surface area contributed by atoms with E-state index in [1.807, 2.05) is 24.4 Å². The fraction of sp³-hybridized carbons (Fsp3) is 0.320. The normalized spacial score (nSPS) is 14.9. The van der Waals surface area contributed by atoms with Gasteiger partial charge in [0.25, 0.3) is 5.91 Å². The molecule has 3 N–H and O–H groups in total. The van der Waals surface area contributed by atoms with Gasteiger partial charge in [-0.25, -0.2) is 4.79 Å². The second kappa shape index (κ2) is 12.7. The predicted octanol–water partition coefficient (Wildman–Crippen LogP) is 4.47. The number of carboxylic acid groups (broad SMARTS) is 1. The first kappa shape index (κ1) is 28.2. The van der Waals surface area contributed by atoms with Crippen molar-refractivity contribution < 1.29 is 37.7 Å². The molecule has 1 atom stereocenters. The first-order valence-electron chi connectivity index (χ1n) is 11.3. The highest BCUT2D eigenvalue weighted by Crippen LogP contribution is 2.22. The van der Waals surface area contributed by atoms with E-state index in [0.29, 0.717) is 24.9 Å². The zero-order valence-electron chi connectivity index (χ0n) is 19.5. The van der Waals surface area contributed by atoms with Gasteiger partial charge in [-0.2, -0.15) is 13.2 Å². The number of aromatic nitrogens is 1. The van der Waals surface area contributed by atoms with Crippen LogP contribution in [0.3, 0.4) is 0 Å². The third kappa shape index (κ3) is 8.60. The Labute approximate surface area is 219 Å². The predicted molar refractivity (Wildman–Crippen MR) is 134 cm³/mol. The lowest BCUT2D eigenvalue weighted by atomic mass is 10.0. The fourth-order valence-electron chi connectivity index (χ4n) is 3.64. The van der Waals surface area contributed by atoms with Crippen molar-refractivity contribution in [2.75, 3.05) is 25.0 Å². The average molecular weight is 584 g/mol. The number of hydrogen-bond donors (Lipinski definition) is 3. The topological polar surface area (TPSA) is 112 Å². The second-order valence-electron chi connectivity index (χ2n) is 8.27. The van der Waals surface area contributed by atoms with E-state index in [1.54, 1.807) is 23.2 Å². The largest absolute Gasteiger partial charge is 0.490 e. The number of likely N-dealkylation sites (tertiary alicyclic amines) is 1. The molecule has 0 unspecified atom stereocenters. The number of piperidine rings is 1. The summed E-state index contributed by atoms with van der Waals surface area (Å²) in [6.07, 6.45) is -0.926. The summed E-state index contributed by atoms with van der Waals surface area (Å²) >= 11 is 3.36. The number of benzene rings is 2. The van der Waals surface area contributed by atoms with E-state index < -0.39 is 18.2 Å². The second-order valence-corrected chi connectivity index (χ2v) is 9.18. The van der Waals surface area contributed by atoms with Crippen LogP contribution in [0.15, 0.2) is 65.4 Å². The van der Waals surface area contributed by atoms with Crippen molar-refractivity contribution in [3.63, 3.8) is 0 Å². The lowest BCUT2D eigenvalue weighted by molar-refractivity contribution is -0.192. The van der Waals surface area contributed by atoms with Crippen LogP contribution < -0.4 is 10.1 Å². The summed E-state index contributed by atoms with van der Waals surface area (Å²) in [5.74, 6) is -2.41. The van der Waals surface area contributed by atoms with Crippen molar-refractivity contribution in [2.24, 2.45) is 0 Å². The molecular weight excluding hydrogens is 559 g/mol. The number of carbonyl (C=O) groups is 2. The first-order valence-corrected chi connectivity index (χ1v) is 12.1. The summed E-state index contributed by atoms with van der Waals surface area (Å²) < 4.78 is 38.2. The molecule has 0 saturated carbocycles. The molecule has 1 aromatic heterocycles. The Morgan fingerprint density at radius 3 is 2.38 bits per heavy atom. The van der Waals surface area contributed by atoms with Crippen LogP contribution in [0.1, 0.15) is 12.8 Å². The van der Waals surface area contributed by atoms with E-state index >= 15 is 0 Å². The molecule has 4 rings (SSSR count). The number of aliphatic hydroxyl groups excluding tert-OH is 1. The van der Waals surface area contributed by atoms with Gasteiger partial charge in [-0.05, 0) is 60.7 Å². The van der Waals surface area contributed by atoms with Gasteiger partial charge < -0.3 is 25.2 Å². The lowest BCUT2D eigenvalue weighted by Gasteiger charge is -2.34. The standard InChI is InChI=1S/C23H24BrN3O3.C2HF3O2/c24-18-2-5-21(6-3-18)30-15-22(28)23(29)27-11-8-19(9-12-27)26-20-4-1-17-14-25-10-7-16(17)13-20;3-2(4,5)1(6)7/h1-7,10,13-14,19,22,26,28H,8-9,11-12,15H2;(H,6,7)/t22-;/m0./s1. The number of halogens is 4. The Morgan fingerprint density at radius 2 is 1.76 bits per heavy atom. The smallest absolute Gasteiger partial charge is 0.490 e. The number of carbonyl (C=O) groups excluding carboxylic acids is 1. The number of alkyl halides is 3. The molecule has 1 amide bonds. The average Bonchev–Trinajstić information content (AvgIpc) is 2.88. The molecular formula is C25H25BrF3N3O5. The molecule has 0 spiro atoms. The molecule has 0 aliphatic carbocycles. The van der Waals surface area contributed by atoms with Gasteiger partial charge in [0.15, 0.2) is 6.10 Å². The van der Waals surface area contributed by atoms with Crippen molar-refractivity contribution in [1.82, 2.24) is 9.88 Å². The van der Waals surface area contributed by atoms with E-state index in [4.69, 9.17) is 14.6 Å². The number of ether oxygens (including phenoxy) is 1. The minimum atomic E-state index is -5.08. The summed E-state index contributed by atoms with van der Waals surface area (Å²) in [6, 6.07) is 15.8. The monoisotopic (exact) mass is 583 g/mol. The highest BCUT2D eigenvalue weighted by molar-refractivity contribution is 9.10. The van der Waals surface area contributed by atoms with Crippen LogP contribution in [0.25, 0.3) is 10.8 Å². The van der Waals surface area contributed by atoms with Gasteiger partial charge in [-0.3, -0.25) is 9.78 Å². The maximum atomic E-state index is 12.5. The number of carboxylic acids is 1. The molecule has 12 heteroatoms. The van der Waals surface area contributed by atoms with E-state index in [1.165, 1.54) is 0 Å². The molecule has 0 radical (unpaired) electrons. The number of pyridine rings is 1. The van der Waals surface area contributed by atoms with E-state index in [9.17, 15) is 23.1 Å². The van der Waals surface area contributed by atoms with E-state index in [0.717, 1.165) is 33.8 Å². The van der Waals surface area contributed by atoms with Gasteiger partial charge in [-0.15, -0.1) is 0 Å². The highest BCUT2D eigenvalue weighted by atomic mass is 79.9. The Balaban J connectivity index is 0.000000479. The number of amides is 1. The number of hydrogen-bond acceptors (Lipinski definition) is 6. The third-order valence-corrected chi connectivity index (χ3v) is 6.10. The van der Waals surface area contributed by atoms with Gasteiger partial charge in [0.2, 0.25) is 0 Å². The molecule has 37 heavy (non-hydrogen) atoms. The van der Waals surface area contributed by atoms with E-state index in [-0.39, 0.29) is 12.5 Å². The summed E-state index contributed by atoms with van der Waals surface area (Å²) in [4.78, 5) is 27.3. The van der Waals surface area contributed by atoms with Gasteiger partial charge >= 0.3 is 12.1 Å². The molecule has 1 aliphatic heterocycles. The Bertz CT molecular complexity index is 1200. The van der Waals surface area contributed by atoms with Crippen LogP contribution in [-0.4, -0.2) is 70.0 Å². The quantitative estimate of drug-likeness (QED) is 0.392. The summed E-state index contributed by atoms with van der Waals surface area (Å²) in [5.41, 5.74) is 1.07. The van der Waals surface area contributed by atoms with E-state index in [2.05, 4.69) is 44.4 Å². The molecule has 198 valence electrons. The molecule has 0 bridgehead atoms. The van der Waals surface area contributed by atoms with Crippen LogP contribution in [0, 0.1) is 0 Å². The van der Waals surface area contributed by atoms with Gasteiger partial charge in [0, 0.05) is 47.1 Å². The van der Waals surface area contributed by atoms with Crippen molar-refractivity contribution >= 4 is 44.3 Å². The number of fused-ring (bicyclic) bond motifs is 1. The number of aliphatic carboxylic acids is 1. The maximum absolute atomic E-state index is 12.5. The van der Waals surface area contributed by atoms with Gasteiger partial charge in [0.05, 0.1) is 0 Å². The number of aliphatic hydroxyl groups is 1. The van der Waals surface area contributed by atoms with Crippen LogP contribution in [-0.2, 0) is 9.59 Å². The van der Waals surface area contributed by atoms with Crippen LogP contribution in [0.2, 0.25) is 0 Å². The van der Waals surface area contributed by atoms with Gasteiger partial charge in [0.1, 0.15) is 12.4 Å². The molecule has 1 fully saturated rings. The minimum absolute atomic E-state index is 0.0510. The Hall–Kier alpha value is -3.38. The minimum Gasteiger partial charge on any atom is -0.490 e.